The maximum Gasteiger partial charge on any atom is 0.408 e. The maximum absolute atomic E-state index is 12.8. The van der Waals surface area contributed by atoms with Gasteiger partial charge in [-0.2, -0.15) is 0 Å². The summed E-state index contributed by atoms with van der Waals surface area (Å²) >= 11 is 0. The summed E-state index contributed by atoms with van der Waals surface area (Å²) in [5, 5.41) is 7.89. The van der Waals surface area contributed by atoms with Gasteiger partial charge in [0.2, 0.25) is 11.8 Å². The van der Waals surface area contributed by atoms with Gasteiger partial charge in [-0.25, -0.2) is 9.59 Å². The molecule has 0 saturated carbocycles. The second-order valence-corrected chi connectivity index (χ2v) is 8.43. The lowest BCUT2D eigenvalue weighted by Gasteiger charge is -2.26. The predicted molar refractivity (Wildman–Crippen MR) is 102 cm³/mol. The van der Waals surface area contributed by atoms with Gasteiger partial charge >= 0.3 is 12.1 Å². The molecule has 1 fully saturated rings. The average molecular weight is 399 g/mol. The Kier molecular flexibility index (Phi) is 8.71. The molecule has 1 rings (SSSR count). The Hall–Kier alpha value is -2.32. The molecule has 2 unspecified atom stereocenters. The number of methoxy groups -OCH3 is 1. The molecule has 1 aliphatic heterocycles. The SMILES string of the molecule is COC(=O)C(C[C@@H]1CCNC1=O)NC(=O)C(CC(C)C)NC(=O)OC(C)(C)C. The third-order valence-corrected chi connectivity index (χ3v) is 4.20. The molecule has 0 aromatic carbocycles. The molecule has 9 nitrogen and oxygen atoms in total. The van der Waals surface area contributed by atoms with Gasteiger partial charge in [-0.3, -0.25) is 9.59 Å². The van der Waals surface area contributed by atoms with Gasteiger partial charge in [0.05, 0.1) is 7.11 Å². The van der Waals surface area contributed by atoms with Gasteiger partial charge in [0.25, 0.3) is 0 Å². The standard InChI is InChI=1S/C19H33N3O6/c1-11(2)9-13(22-18(26)28-19(3,4)5)16(24)21-14(17(25)27-6)10-12-7-8-20-15(12)23/h11-14H,7-10H2,1-6H3,(H,20,23)(H,21,24)(H,22,26)/t12-,13?,14?/m0/s1. The molecule has 1 saturated heterocycles. The van der Waals surface area contributed by atoms with Crippen molar-refractivity contribution in [1.82, 2.24) is 16.0 Å². The predicted octanol–water partition coefficient (Wildman–Crippen LogP) is 1.11. The lowest BCUT2D eigenvalue weighted by molar-refractivity contribution is -0.146. The van der Waals surface area contributed by atoms with Gasteiger partial charge in [0, 0.05) is 12.5 Å². The molecule has 0 bridgehead atoms. The molecule has 3 amide bonds. The number of ether oxygens (including phenoxy) is 2. The normalized spacial score (nSPS) is 18.8. The number of amides is 3. The molecule has 1 heterocycles. The highest BCUT2D eigenvalue weighted by Gasteiger charge is 2.34. The third kappa shape index (κ3) is 8.14. The topological polar surface area (TPSA) is 123 Å². The summed E-state index contributed by atoms with van der Waals surface area (Å²) in [6.45, 7) is 9.55. The fourth-order valence-electron chi connectivity index (χ4n) is 2.94. The van der Waals surface area contributed by atoms with Gasteiger partial charge < -0.3 is 25.4 Å². The van der Waals surface area contributed by atoms with Crippen LogP contribution in [0.15, 0.2) is 0 Å². The van der Waals surface area contributed by atoms with Gasteiger partial charge in [-0.05, 0) is 46.0 Å². The lowest BCUT2D eigenvalue weighted by atomic mass is 9.97. The highest BCUT2D eigenvalue weighted by atomic mass is 16.6. The molecule has 160 valence electrons. The zero-order valence-corrected chi connectivity index (χ0v) is 17.6. The smallest absolute Gasteiger partial charge is 0.408 e. The number of esters is 1. The zero-order valence-electron chi connectivity index (χ0n) is 17.6. The molecule has 0 aromatic heterocycles. The Labute approximate surface area is 166 Å². The first-order valence-corrected chi connectivity index (χ1v) is 9.58. The summed E-state index contributed by atoms with van der Waals surface area (Å²) in [5.41, 5.74) is -0.701. The Morgan fingerprint density at radius 2 is 1.82 bits per heavy atom. The van der Waals surface area contributed by atoms with E-state index in [1.165, 1.54) is 7.11 Å². The van der Waals surface area contributed by atoms with E-state index in [0.717, 1.165) is 0 Å². The van der Waals surface area contributed by atoms with Crippen LogP contribution in [0.4, 0.5) is 4.79 Å². The van der Waals surface area contributed by atoms with E-state index in [2.05, 4.69) is 16.0 Å². The van der Waals surface area contributed by atoms with Crippen molar-refractivity contribution in [2.75, 3.05) is 13.7 Å². The van der Waals surface area contributed by atoms with Crippen molar-refractivity contribution in [3.63, 3.8) is 0 Å². The second-order valence-electron chi connectivity index (χ2n) is 8.43. The molecule has 0 aliphatic carbocycles. The molecule has 1 aliphatic rings. The van der Waals surface area contributed by atoms with Crippen LogP contribution in [0.3, 0.4) is 0 Å². The fourth-order valence-corrected chi connectivity index (χ4v) is 2.94. The van der Waals surface area contributed by atoms with Crippen LogP contribution in [0, 0.1) is 11.8 Å². The quantitative estimate of drug-likeness (QED) is 0.526. The number of rotatable bonds is 8. The monoisotopic (exact) mass is 399 g/mol. The Morgan fingerprint density at radius 3 is 2.29 bits per heavy atom. The number of carbonyl (C=O) groups is 4. The van der Waals surface area contributed by atoms with Crippen molar-refractivity contribution in [3.8, 4) is 0 Å². The summed E-state index contributed by atoms with van der Waals surface area (Å²) in [6, 6.07) is -1.85. The first-order chi connectivity index (χ1) is 12.9. The summed E-state index contributed by atoms with van der Waals surface area (Å²) in [6.07, 6.45) is 0.389. The first-order valence-electron chi connectivity index (χ1n) is 9.58. The van der Waals surface area contributed by atoms with E-state index in [-0.39, 0.29) is 24.2 Å². The molecular formula is C19H33N3O6. The molecule has 0 spiro atoms. The zero-order chi connectivity index (χ0) is 21.5. The van der Waals surface area contributed by atoms with E-state index >= 15 is 0 Å². The minimum absolute atomic E-state index is 0.114. The number of carbonyl (C=O) groups excluding carboxylic acids is 4. The summed E-state index contributed by atoms with van der Waals surface area (Å²) in [4.78, 5) is 48.8. The molecule has 9 heteroatoms. The Bertz CT molecular complexity index is 585. The van der Waals surface area contributed by atoms with Gasteiger partial charge in [0.15, 0.2) is 0 Å². The van der Waals surface area contributed by atoms with Crippen LogP contribution in [0.5, 0.6) is 0 Å². The van der Waals surface area contributed by atoms with Crippen LogP contribution in [0.1, 0.15) is 53.9 Å². The van der Waals surface area contributed by atoms with E-state index in [4.69, 9.17) is 9.47 Å². The number of hydrogen-bond donors (Lipinski definition) is 3. The molecule has 3 N–H and O–H groups in total. The first kappa shape index (κ1) is 23.7. The average Bonchev–Trinajstić information content (AvgIpc) is 2.95. The highest BCUT2D eigenvalue weighted by Crippen LogP contribution is 2.17. The van der Waals surface area contributed by atoms with E-state index in [1.807, 2.05) is 13.8 Å². The van der Waals surface area contributed by atoms with Gasteiger partial charge in [-0.15, -0.1) is 0 Å². The van der Waals surface area contributed by atoms with Crippen LogP contribution in [-0.4, -0.2) is 55.2 Å². The fraction of sp³-hybridized carbons (Fsp3) is 0.789. The highest BCUT2D eigenvalue weighted by molar-refractivity contribution is 5.90. The largest absolute Gasteiger partial charge is 0.467 e. The number of nitrogens with one attached hydrogen (secondary N) is 3. The molecule has 28 heavy (non-hydrogen) atoms. The number of alkyl carbamates (subject to hydrolysis) is 1. The van der Waals surface area contributed by atoms with Crippen LogP contribution < -0.4 is 16.0 Å². The summed E-state index contributed by atoms with van der Waals surface area (Å²) in [5.74, 6) is -1.55. The van der Waals surface area contributed by atoms with Crippen molar-refractivity contribution >= 4 is 23.9 Å². The van der Waals surface area contributed by atoms with Crippen molar-refractivity contribution < 1.29 is 28.7 Å². The third-order valence-electron chi connectivity index (χ3n) is 4.20. The minimum Gasteiger partial charge on any atom is -0.467 e. The van der Waals surface area contributed by atoms with E-state index in [1.54, 1.807) is 20.8 Å². The summed E-state index contributed by atoms with van der Waals surface area (Å²) < 4.78 is 9.99. The van der Waals surface area contributed by atoms with E-state index in [9.17, 15) is 19.2 Å². The minimum atomic E-state index is -0.971. The Morgan fingerprint density at radius 1 is 1.18 bits per heavy atom. The summed E-state index contributed by atoms with van der Waals surface area (Å²) in [7, 11) is 1.22. The van der Waals surface area contributed by atoms with Gasteiger partial charge in [-0.1, -0.05) is 13.8 Å². The van der Waals surface area contributed by atoms with Crippen molar-refractivity contribution in [1.29, 1.82) is 0 Å². The molecule has 0 aromatic rings. The molecule has 0 radical (unpaired) electrons. The number of hydrogen-bond acceptors (Lipinski definition) is 6. The van der Waals surface area contributed by atoms with Crippen LogP contribution in [0.2, 0.25) is 0 Å². The second kappa shape index (κ2) is 10.3. The Balaban J connectivity index is 2.83. The molecular weight excluding hydrogens is 366 g/mol. The van der Waals surface area contributed by atoms with Gasteiger partial charge in [0.1, 0.15) is 17.7 Å². The van der Waals surface area contributed by atoms with Crippen LogP contribution in [0.25, 0.3) is 0 Å². The van der Waals surface area contributed by atoms with Crippen molar-refractivity contribution in [2.24, 2.45) is 11.8 Å². The van der Waals surface area contributed by atoms with Crippen LogP contribution >= 0.6 is 0 Å². The van der Waals surface area contributed by atoms with Crippen molar-refractivity contribution in [3.05, 3.63) is 0 Å². The van der Waals surface area contributed by atoms with Crippen LogP contribution in [-0.2, 0) is 23.9 Å². The maximum atomic E-state index is 12.8. The lowest BCUT2D eigenvalue weighted by Crippen LogP contribution is -2.53. The van der Waals surface area contributed by atoms with Crippen molar-refractivity contribution in [2.45, 2.75) is 71.6 Å². The van der Waals surface area contributed by atoms with E-state index in [0.29, 0.717) is 19.4 Å². The van der Waals surface area contributed by atoms with E-state index < -0.39 is 35.7 Å². The molecule has 3 atom stereocenters.